The summed E-state index contributed by atoms with van der Waals surface area (Å²) < 4.78 is 56.3. The number of carbonyl (C=O) groups is 1. The molecule has 1 N–H and O–H groups in total. The molecule has 0 aliphatic carbocycles. The SMILES string of the molecule is O=C(Nc1ccc(-c2ccc(C(F)(F)F)cc2F)nn1)c1ccoc1. The average Bonchev–Trinajstić information content (AvgIpc) is 3.09. The minimum atomic E-state index is -4.63. The topological polar surface area (TPSA) is 68.0 Å². The van der Waals surface area contributed by atoms with Gasteiger partial charge < -0.3 is 9.73 Å². The third kappa shape index (κ3) is 3.65. The van der Waals surface area contributed by atoms with Crippen molar-refractivity contribution in [1.29, 1.82) is 0 Å². The van der Waals surface area contributed by atoms with Gasteiger partial charge in [-0.1, -0.05) is 0 Å². The van der Waals surface area contributed by atoms with Crippen LogP contribution in [-0.2, 0) is 6.18 Å². The van der Waals surface area contributed by atoms with E-state index in [0.29, 0.717) is 6.07 Å². The van der Waals surface area contributed by atoms with E-state index < -0.39 is 23.5 Å². The number of amides is 1. The molecule has 2 aromatic heterocycles. The molecule has 3 rings (SSSR count). The average molecular weight is 351 g/mol. The molecule has 128 valence electrons. The fourth-order valence-corrected chi connectivity index (χ4v) is 2.02. The van der Waals surface area contributed by atoms with Crippen LogP contribution in [0, 0.1) is 5.82 Å². The molecule has 9 heteroatoms. The third-order valence-corrected chi connectivity index (χ3v) is 3.26. The maximum atomic E-state index is 13.9. The Morgan fingerprint density at radius 2 is 1.88 bits per heavy atom. The summed E-state index contributed by atoms with van der Waals surface area (Å²) in [6.07, 6.45) is -2.06. The Morgan fingerprint density at radius 3 is 2.44 bits per heavy atom. The number of halogens is 4. The molecule has 0 aliphatic rings. The normalized spacial score (nSPS) is 11.4. The Balaban J connectivity index is 1.80. The van der Waals surface area contributed by atoms with E-state index in [1.807, 2.05) is 0 Å². The largest absolute Gasteiger partial charge is 0.472 e. The first-order valence-electron chi connectivity index (χ1n) is 6.89. The summed E-state index contributed by atoms with van der Waals surface area (Å²) in [5.41, 5.74) is -0.911. The molecule has 3 aromatic rings. The second kappa shape index (κ2) is 6.34. The predicted octanol–water partition coefficient (Wildman–Crippen LogP) is 4.15. The maximum absolute atomic E-state index is 13.9. The number of nitrogens with one attached hydrogen (secondary N) is 1. The van der Waals surface area contributed by atoms with E-state index in [2.05, 4.69) is 15.5 Å². The molecule has 0 atom stereocenters. The van der Waals surface area contributed by atoms with Crippen molar-refractivity contribution < 1.29 is 26.8 Å². The smallest absolute Gasteiger partial charge is 0.416 e. The van der Waals surface area contributed by atoms with Crippen molar-refractivity contribution in [3.05, 3.63) is 65.9 Å². The Labute approximate surface area is 138 Å². The lowest BCUT2D eigenvalue weighted by atomic mass is 10.1. The molecule has 0 radical (unpaired) electrons. The van der Waals surface area contributed by atoms with E-state index in [9.17, 15) is 22.4 Å². The number of alkyl halides is 3. The van der Waals surface area contributed by atoms with Gasteiger partial charge in [-0.2, -0.15) is 13.2 Å². The highest BCUT2D eigenvalue weighted by Crippen LogP contribution is 2.32. The monoisotopic (exact) mass is 351 g/mol. The zero-order valence-electron chi connectivity index (χ0n) is 12.3. The van der Waals surface area contributed by atoms with Crippen molar-refractivity contribution in [3.8, 4) is 11.3 Å². The molecular formula is C16H9F4N3O2. The van der Waals surface area contributed by atoms with Crippen molar-refractivity contribution in [2.24, 2.45) is 0 Å². The molecule has 0 saturated heterocycles. The van der Waals surface area contributed by atoms with Gasteiger partial charge in [0.05, 0.1) is 23.1 Å². The first kappa shape index (κ1) is 16.6. The van der Waals surface area contributed by atoms with Gasteiger partial charge in [0.25, 0.3) is 5.91 Å². The lowest BCUT2D eigenvalue weighted by Gasteiger charge is -2.09. The number of aromatic nitrogens is 2. The quantitative estimate of drug-likeness (QED) is 0.720. The molecule has 0 unspecified atom stereocenters. The van der Waals surface area contributed by atoms with Crippen molar-refractivity contribution in [2.75, 3.05) is 5.32 Å². The molecule has 25 heavy (non-hydrogen) atoms. The van der Waals surface area contributed by atoms with Crippen LogP contribution in [0.3, 0.4) is 0 Å². The minimum Gasteiger partial charge on any atom is -0.472 e. The van der Waals surface area contributed by atoms with Crippen LogP contribution < -0.4 is 5.32 Å². The summed E-state index contributed by atoms with van der Waals surface area (Å²) in [7, 11) is 0. The molecule has 0 bridgehead atoms. The van der Waals surface area contributed by atoms with Crippen LogP contribution in [0.4, 0.5) is 23.4 Å². The molecule has 0 spiro atoms. The van der Waals surface area contributed by atoms with E-state index in [4.69, 9.17) is 4.42 Å². The summed E-state index contributed by atoms with van der Waals surface area (Å²) in [5.74, 6) is -1.45. The van der Waals surface area contributed by atoms with Gasteiger partial charge >= 0.3 is 6.18 Å². The highest BCUT2D eigenvalue weighted by molar-refractivity contribution is 6.03. The number of benzene rings is 1. The van der Waals surface area contributed by atoms with Crippen molar-refractivity contribution in [1.82, 2.24) is 10.2 Å². The van der Waals surface area contributed by atoms with Crippen LogP contribution >= 0.6 is 0 Å². The van der Waals surface area contributed by atoms with E-state index >= 15 is 0 Å². The molecule has 2 heterocycles. The number of carbonyl (C=O) groups excluding carboxylic acids is 1. The first-order chi connectivity index (χ1) is 11.8. The molecule has 0 aliphatic heterocycles. The second-order valence-corrected chi connectivity index (χ2v) is 4.96. The highest BCUT2D eigenvalue weighted by Gasteiger charge is 2.31. The van der Waals surface area contributed by atoms with Gasteiger partial charge in [-0.3, -0.25) is 4.79 Å². The number of anilines is 1. The van der Waals surface area contributed by atoms with Gasteiger partial charge in [0.1, 0.15) is 12.1 Å². The first-order valence-corrected chi connectivity index (χ1v) is 6.89. The van der Waals surface area contributed by atoms with Crippen LogP contribution in [-0.4, -0.2) is 16.1 Å². The zero-order chi connectivity index (χ0) is 18.0. The van der Waals surface area contributed by atoms with Gasteiger partial charge in [0.15, 0.2) is 5.82 Å². The summed E-state index contributed by atoms with van der Waals surface area (Å²) in [6, 6.07) is 6.28. The van der Waals surface area contributed by atoms with E-state index in [1.165, 1.54) is 30.7 Å². The summed E-state index contributed by atoms with van der Waals surface area (Å²) >= 11 is 0. The summed E-state index contributed by atoms with van der Waals surface area (Å²) in [4.78, 5) is 11.8. The number of hydrogen-bond donors (Lipinski definition) is 1. The zero-order valence-corrected chi connectivity index (χ0v) is 12.3. The standard InChI is InChI=1S/C16H9F4N3O2/c17-12-7-10(16(18,19)20)1-2-11(12)13-3-4-14(23-22-13)21-15(24)9-5-6-25-8-9/h1-8H,(H,21,23,24). The lowest BCUT2D eigenvalue weighted by molar-refractivity contribution is -0.137. The van der Waals surface area contributed by atoms with Crippen molar-refractivity contribution in [2.45, 2.75) is 6.18 Å². The molecular weight excluding hydrogens is 342 g/mol. The Kier molecular flexibility index (Phi) is 4.22. The van der Waals surface area contributed by atoms with Gasteiger partial charge in [-0.15, -0.1) is 10.2 Å². The summed E-state index contributed by atoms with van der Waals surface area (Å²) in [6.45, 7) is 0. The van der Waals surface area contributed by atoms with Gasteiger partial charge in [0, 0.05) is 5.56 Å². The summed E-state index contributed by atoms with van der Waals surface area (Å²) in [5, 5.41) is 9.89. The number of furan rings is 1. The van der Waals surface area contributed by atoms with Crippen LogP contribution in [0.1, 0.15) is 15.9 Å². The molecule has 1 aromatic carbocycles. The number of nitrogens with zero attached hydrogens (tertiary/aromatic N) is 2. The highest BCUT2D eigenvalue weighted by atomic mass is 19.4. The lowest BCUT2D eigenvalue weighted by Crippen LogP contribution is -2.12. The van der Waals surface area contributed by atoms with E-state index in [1.54, 1.807) is 0 Å². The van der Waals surface area contributed by atoms with Crippen molar-refractivity contribution in [3.63, 3.8) is 0 Å². The number of rotatable bonds is 3. The number of hydrogen-bond acceptors (Lipinski definition) is 4. The van der Waals surface area contributed by atoms with Gasteiger partial charge in [-0.05, 0) is 36.4 Å². The van der Waals surface area contributed by atoms with Crippen LogP contribution in [0.25, 0.3) is 11.3 Å². The van der Waals surface area contributed by atoms with Crippen LogP contribution in [0.2, 0.25) is 0 Å². The van der Waals surface area contributed by atoms with Crippen LogP contribution in [0.15, 0.2) is 53.3 Å². The molecule has 1 amide bonds. The molecule has 5 nitrogen and oxygen atoms in total. The Morgan fingerprint density at radius 1 is 1.08 bits per heavy atom. The fraction of sp³-hybridized carbons (Fsp3) is 0.0625. The Hall–Kier alpha value is -3.23. The Bertz CT molecular complexity index is 891. The van der Waals surface area contributed by atoms with Gasteiger partial charge in [-0.25, -0.2) is 4.39 Å². The van der Waals surface area contributed by atoms with E-state index in [0.717, 1.165) is 12.1 Å². The van der Waals surface area contributed by atoms with Crippen molar-refractivity contribution >= 4 is 11.7 Å². The molecule has 0 saturated carbocycles. The van der Waals surface area contributed by atoms with E-state index in [-0.39, 0.29) is 22.6 Å². The third-order valence-electron chi connectivity index (χ3n) is 3.26. The maximum Gasteiger partial charge on any atom is 0.416 e. The predicted molar refractivity (Wildman–Crippen MR) is 79.1 cm³/mol. The fourth-order valence-electron chi connectivity index (χ4n) is 2.02. The molecule has 0 fully saturated rings. The minimum absolute atomic E-state index is 0.0348. The second-order valence-electron chi connectivity index (χ2n) is 4.96. The van der Waals surface area contributed by atoms with Crippen LogP contribution in [0.5, 0.6) is 0 Å². The van der Waals surface area contributed by atoms with Gasteiger partial charge in [0.2, 0.25) is 0 Å².